The number of H-pyrrole nitrogens is 1. The molecular weight excluding hydrogens is 392 g/mol. The average molecular weight is 419 g/mol. The van der Waals surface area contributed by atoms with Crippen molar-refractivity contribution in [2.24, 2.45) is 0 Å². The number of ether oxygens (including phenoxy) is 1. The van der Waals surface area contributed by atoms with Crippen LogP contribution in [-0.4, -0.2) is 11.5 Å². The highest BCUT2D eigenvalue weighted by molar-refractivity contribution is 6.31. The van der Waals surface area contributed by atoms with Crippen LogP contribution in [0.3, 0.4) is 0 Å². The maximum absolute atomic E-state index is 6.22. The van der Waals surface area contributed by atoms with Crippen molar-refractivity contribution >= 4 is 22.5 Å². The van der Waals surface area contributed by atoms with E-state index < -0.39 is 0 Å². The van der Waals surface area contributed by atoms with E-state index in [9.17, 15) is 0 Å². The van der Waals surface area contributed by atoms with Crippen molar-refractivity contribution in [2.75, 3.05) is 6.54 Å². The zero-order valence-electron chi connectivity index (χ0n) is 17.4. The highest BCUT2D eigenvalue weighted by Gasteiger charge is 2.25. The molecule has 30 heavy (non-hydrogen) atoms. The van der Waals surface area contributed by atoms with E-state index in [-0.39, 0.29) is 6.04 Å². The molecule has 1 aliphatic rings. The SMILES string of the molecule is CC.Clc1ccc2[nH]c3c(c2c1)CCNC3c1ccc(OCc2ccccc2)cc1. The van der Waals surface area contributed by atoms with Crippen molar-refractivity contribution < 1.29 is 4.74 Å². The van der Waals surface area contributed by atoms with Crippen LogP contribution in [0, 0.1) is 0 Å². The first kappa shape index (κ1) is 20.5. The fourth-order valence-corrected chi connectivity index (χ4v) is 4.15. The molecule has 3 aromatic carbocycles. The van der Waals surface area contributed by atoms with Crippen LogP contribution in [0.2, 0.25) is 5.02 Å². The predicted octanol–water partition coefficient (Wildman–Crippen LogP) is 6.66. The lowest BCUT2D eigenvalue weighted by Crippen LogP contribution is -2.30. The maximum atomic E-state index is 6.22. The van der Waals surface area contributed by atoms with Gasteiger partial charge in [-0.3, -0.25) is 0 Å². The van der Waals surface area contributed by atoms with Crippen LogP contribution in [0.1, 0.15) is 42.3 Å². The zero-order chi connectivity index (χ0) is 20.9. The lowest BCUT2D eigenvalue weighted by molar-refractivity contribution is 0.306. The van der Waals surface area contributed by atoms with E-state index >= 15 is 0 Å². The number of benzene rings is 3. The third kappa shape index (κ3) is 4.23. The van der Waals surface area contributed by atoms with Crippen LogP contribution in [0.25, 0.3) is 10.9 Å². The summed E-state index contributed by atoms with van der Waals surface area (Å²) in [5.41, 5.74) is 6.14. The van der Waals surface area contributed by atoms with Gasteiger partial charge in [0, 0.05) is 28.2 Å². The molecule has 1 unspecified atom stereocenters. The minimum absolute atomic E-state index is 0.151. The molecule has 0 amide bonds. The lowest BCUT2D eigenvalue weighted by Gasteiger charge is -2.25. The summed E-state index contributed by atoms with van der Waals surface area (Å²) in [6.45, 7) is 5.53. The van der Waals surface area contributed by atoms with Crippen LogP contribution in [0.5, 0.6) is 5.75 Å². The molecule has 0 fully saturated rings. The summed E-state index contributed by atoms with van der Waals surface area (Å²) >= 11 is 6.22. The number of nitrogens with one attached hydrogen (secondary N) is 2. The minimum atomic E-state index is 0.151. The van der Waals surface area contributed by atoms with E-state index in [0.29, 0.717) is 6.61 Å². The Labute approximate surface area is 183 Å². The Bertz CT molecular complexity index is 1100. The summed E-state index contributed by atoms with van der Waals surface area (Å²) < 4.78 is 5.92. The van der Waals surface area contributed by atoms with Gasteiger partial charge in [0.1, 0.15) is 12.4 Å². The molecular formula is C26H27ClN2O. The quantitative estimate of drug-likeness (QED) is 0.388. The summed E-state index contributed by atoms with van der Waals surface area (Å²) in [6.07, 6.45) is 1.00. The molecule has 0 saturated heterocycles. The van der Waals surface area contributed by atoms with Gasteiger partial charge in [-0.15, -0.1) is 0 Å². The molecule has 0 radical (unpaired) electrons. The van der Waals surface area contributed by atoms with Crippen molar-refractivity contribution in [1.29, 1.82) is 0 Å². The summed E-state index contributed by atoms with van der Waals surface area (Å²) in [7, 11) is 0. The fourth-order valence-electron chi connectivity index (χ4n) is 3.98. The fraction of sp³-hybridized carbons (Fsp3) is 0.231. The van der Waals surface area contributed by atoms with Crippen LogP contribution >= 0.6 is 11.6 Å². The smallest absolute Gasteiger partial charge is 0.119 e. The molecule has 5 rings (SSSR count). The van der Waals surface area contributed by atoms with Gasteiger partial charge in [0.2, 0.25) is 0 Å². The molecule has 2 N–H and O–H groups in total. The Morgan fingerprint density at radius 3 is 2.50 bits per heavy atom. The minimum Gasteiger partial charge on any atom is -0.489 e. The first-order chi connectivity index (χ1) is 14.8. The number of halogens is 1. The van der Waals surface area contributed by atoms with E-state index in [2.05, 4.69) is 46.7 Å². The molecule has 154 valence electrons. The molecule has 3 nitrogen and oxygen atoms in total. The van der Waals surface area contributed by atoms with E-state index in [1.54, 1.807) is 0 Å². The highest BCUT2D eigenvalue weighted by atomic mass is 35.5. The van der Waals surface area contributed by atoms with Crippen molar-refractivity contribution in [2.45, 2.75) is 32.9 Å². The first-order valence-corrected chi connectivity index (χ1v) is 11.0. The third-order valence-corrected chi connectivity index (χ3v) is 5.61. The second kappa shape index (κ2) is 9.38. The number of rotatable bonds is 4. The van der Waals surface area contributed by atoms with Crippen LogP contribution in [0.4, 0.5) is 0 Å². The van der Waals surface area contributed by atoms with Crippen molar-refractivity contribution in [3.8, 4) is 5.75 Å². The van der Waals surface area contributed by atoms with Crippen LogP contribution < -0.4 is 10.1 Å². The van der Waals surface area contributed by atoms with E-state index in [1.165, 1.54) is 27.8 Å². The van der Waals surface area contributed by atoms with Gasteiger partial charge in [-0.1, -0.05) is 67.9 Å². The van der Waals surface area contributed by atoms with E-state index in [1.807, 2.05) is 50.2 Å². The molecule has 1 atom stereocenters. The Morgan fingerprint density at radius 1 is 0.967 bits per heavy atom. The van der Waals surface area contributed by atoms with Gasteiger partial charge in [0.25, 0.3) is 0 Å². The molecule has 0 spiro atoms. The lowest BCUT2D eigenvalue weighted by atomic mass is 9.94. The second-order valence-electron chi connectivity index (χ2n) is 7.19. The monoisotopic (exact) mass is 418 g/mol. The third-order valence-electron chi connectivity index (χ3n) is 5.38. The number of hydrogen-bond donors (Lipinski definition) is 2. The molecule has 0 bridgehead atoms. The molecule has 4 aromatic rings. The van der Waals surface area contributed by atoms with E-state index in [4.69, 9.17) is 16.3 Å². The Balaban J connectivity index is 0.00000106. The summed E-state index contributed by atoms with van der Waals surface area (Å²) in [5.74, 6) is 0.882. The Hall–Kier alpha value is -2.75. The largest absolute Gasteiger partial charge is 0.489 e. The van der Waals surface area contributed by atoms with Crippen molar-refractivity contribution in [3.63, 3.8) is 0 Å². The predicted molar refractivity (Wildman–Crippen MR) is 125 cm³/mol. The number of aromatic amines is 1. The number of aromatic nitrogens is 1. The average Bonchev–Trinajstić information content (AvgIpc) is 3.18. The zero-order valence-corrected chi connectivity index (χ0v) is 18.2. The summed E-state index contributed by atoms with van der Waals surface area (Å²) in [4.78, 5) is 3.60. The molecule has 0 saturated carbocycles. The van der Waals surface area contributed by atoms with Gasteiger partial charge in [0.05, 0.1) is 6.04 Å². The van der Waals surface area contributed by atoms with Gasteiger partial charge in [0.15, 0.2) is 0 Å². The van der Waals surface area contributed by atoms with Crippen molar-refractivity contribution in [3.05, 3.63) is 100 Å². The Kier molecular flexibility index (Phi) is 6.41. The molecule has 1 aromatic heterocycles. The summed E-state index contributed by atoms with van der Waals surface area (Å²) in [5, 5.41) is 5.65. The number of hydrogen-bond acceptors (Lipinski definition) is 2. The first-order valence-electron chi connectivity index (χ1n) is 10.6. The van der Waals surface area contributed by atoms with Gasteiger partial charge >= 0.3 is 0 Å². The Morgan fingerprint density at radius 2 is 1.73 bits per heavy atom. The van der Waals surface area contributed by atoms with Crippen LogP contribution in [0.15, 0.2) is 72.8 Å². The normalized spacial score (nSPS) is 15.2. The summed E-state index contributed by atoms with van der Waals surface area (Å²) in [6, 6.07) is 24.8. The van der Waals surface area contributed by atoms with Crippen molar-refractivity contribution in [1.82, 2.24) is 10.3 Å². The maximum Gasteiger partial charge on any atom is 0.119 e. The van der Waals surface area contributed by atoms with E-state index in [0.717, 1.165) is 29.3 Å². The molecule has 4 heteroatoms. The van der Waals surface area contributed by atoms with Gasteiger partial charge in [-0.05, 0) is 53.4 Å². The standard InChI is InChI=1S/C24H21ClN2O.C2H6/c25-18-8-11-22-21(14-18)20-12-13-26-23(24(20)27-22)17-6-9-19(10-7-17)28-15-16-4-2-1-3-5-16;1-2/h1-11,14,23,26-27H,12-13,15H2;1-2H3. The topological polar surface area (TPSA) is 37.0 Å². The highest BCUT2D eigenvalue weighted by Crippen LogP contribution is 2.35. The van der Waals surface area contributed by atoms with Gasteiger partial charge < -0.3 is 15.0 Å². The molecule has 2 heterocycles. The second-order valence-corrected chi connectivity index (χ2v) is 7.62. The number of fused-ring (bicyclic) bond motifs is 3. The van der Waals surface area contributed by atoms with Crippen LogP contribution in [-0.2, 0) is 13.0 Å². The molecule has 1 aliphatic heterocycles. The van der Waals surface area contributed by atoms with Gasteiger partial charge in [-0.2, -0.15) is 0 Å². The molecule has 0 aliphatic carbocycles. The van der Waals surface area contributed by atoms with Gasteiger partial charge in [-0.25, -0.2) is 0 Å².